The van der Waals surface area contributed by atoms with Crippen LogP contribution in [-0.4, -0.2) is 21.8 Å². The Kier molecular flexibility index (Phi) is 3.19. The van der Waals surface area contributed by atoms with Crippen molar-refractivity contribution >= 4 is 46.3 Å². The number of hydrogen-bond donors (Lipinski definition) is 1. The minimum atomic E-state index is -0.470. The third-order valence-corrected chi connectivity index (χ3v) is 3.61. The zero-order chi connectivity index (χ0) is 15.1. The number of pyridine rings is 1. The van der Waals surface area contributed by atoms with Gasteiger partial charge in [0.15, 0.2) is 0 Å². The Morgan fingerprint density at radius 3 is 2.57 bits per heavy atom. The lowest BCUT2D eigenvalue weighted by Crippen LogP contribution is -2.31. The van der Waals surface area contributed by atoms with E-state index in [1.165, 1.54) is 24.5 Å². The number of nitrogens with zero attached hydrogens (tertiary/aromatic N) is 2. The Morgan fingerprint density at radius 2 is 1.90 bits per heavy atom. The molecule has 5 nitrogen and oxygen atoms in total. The average Bonchev–Trinajstić information content (AvgIpc) is 2.71. The van der Waals surface area contributed by atoms with Crippen molar-refractivity contribution in [1.82, 2.24) is 4.98 Å². The number of thiocarbonyl (C=S) groups is 1. The smallest absolute Gasteiger partial charge is 0.267 e. The van der Waals surface area contributed by atoms with Gasteiger partial charge < -0.3 is 5.73 Å². The lowest BCUT2D eigenvalue weighted by atomic mass is 10.1. The summed E-state index contributed by atoms with van der Waals surface area (Å²) in [4.78, 5) is 29.8. The van der Waals surface area contributed by atoms with Crippen molar-refractivity contribution in [3.05, 3.63) is 58.4 Å². The molecule has 7 heteroatoms. The van der Waals surface area contributed by atoms with Gasteiger partial charge in [0.25, 0.3) is 11.8 Å². The van der Waals surface area contributed by atoms with Crippen LogP contribution in [0.25, 0.3) is 0 Å². The monoisotopic (exact) mass is 317 g/mol. The predicted molar refractivity (Wildman–Crippen MR) is 82.7 cm³/mol. The van der Waals surface area contributed by atoms with Gasteiger partial charge in [-0.1, -0.05) is 23.8 Å². The van der Waals surface area contributed by atoms with Crippen LogP contribution < -0.4 is 10.6 Å². The van der Waals surface area contributed by atoms with E-state index in [2.05, 4.69) is 4.98 Å². The molecule has 21 heavy (non-hydrogen) atoms. The molecule has 0 atom stereocenters. The second kappa shape index (κ2) is 4.91. The number of hydrogen-bond acceptors (Lipinski definition) is 4. The van der Waals surface area contributed by atoms with Crippen molar-refractivity contribution in [1.29, 1.82) is 0 Å². The molecular weight excluding hydrogens is 310 g/mol. The number of rotatable bonds is 2. The van der Waals surface area contributed by atoms with Gasteiger partial charge >= 0.3 is 0 Å². The molecule has 0 aliphatic carbocycles. The minimum Gasteiger partial charge on any atom is -0.389 e. The molecule has 0 fully saturated rings. The molecule has 1 aliphatic heterocycles. The number of halogens is 1. The lowest BCUT2D eigenvalue weighted by Gasteiger charge is -2.17. The summed E-state index contributed by atoms with van der Waals surface area (Å²) in [7, 11) is 0. The van der Waals surface area contributed by atoms with E-state index in [9.17, 15) is 9.59 Å². The molecule has 2 heterocycles. The molecule has 2 N–H and O–H groups in total. The number of fused-ring (bicyclic) bond motifs is 1. The standard InChI is InChI=1S/C14H8ClN3O2S/c15-7-1-2-9(12(16)21)11(5-7)18-13(19)8-3-4-17-6-10(8)14(18)20/h1-6H,(H2,16,21). The van der Waals surface area contributed by atoms with Gasteiger partial charge in [0.2, 0.25) is 0 Å². The molecule has 104 valence electrons. The first-order valence-electron chi connectivity index (χ1n) is 5.93. The second-order valence-electron chi connectivity index (χ2n) is 4.39. The maximum Gasteiger partial charge on any atom is 0.267 e. The molecular formula is C14H8ClN3O2S. The highest BCUT2D eigenvalue weighted by Crippen LogP contribution is 2.32. The van der Waals surface area contributed by atoms with Gasteiger partial charge in [-0.15, -0.1) is 0 Å². The third kappa shape index (κ3) is 2.09. The topological polar surface area (TPSA) is 76.3 Å². The highest BCUT2D eigenvalue weighted by molar-refractivity contribution is 7.80. The van der Waals surface area contributed by atoms with Gasteiger partial charge in [-0.05, 0) is 24.3 Å². The van der Waals surface area contributed by atoms with Gasteiger partial charge in [0.1, 0.15) is 4.99 Å². The molecule has 0 unspecified atom stereocenters. The van der Waals surface area contributed by atoms with Gasteiger partial charge in [0, 0.05) is 23.0 Å². The van der Waals surface area contributed by atoms with Crippen LogP contribution in [0.2, 0.25) is 5.02 Å². The van der Waals surface area contributed by atoms with E-state index in [0.717, 1.165) is 4.90 Å². The number of amides is 2. The molecule has 0 saturated carbocycles. The fourth-order valence-electron chi connectivity index (χ4n) is 2.20. The largest absolute Gasteiger partial charge is 0.389 e. The van der Waals surface area contributed by atoms with Crippen molar-refractivity contribution in [2.75, 3.05) is 4.90 Å². The summed E-state index contributed by atoms with van der Waals surface area (Å²) >= 11 is 10.9. The predicted octanol–water partition coefficient (Wildman–Crippen LogP) is 2.17. The van der Waals surface area contributed by atoms with Crippen molar-refractivity contribution in [3.63, 3.8) is 0 Å². The Balaban J connectivity index is 2.20. The minimum absolute atomic E-state index is 0.0800. The highest BCUT2D eigenvalue weighted by atomic mass is 35.5. The molecule has 0 radical (unpaired) electrons. The van der Waals surface area contributed by atoms with E-state index in [-0.39, 0.29) is 16.2 Å². The first-order chi connectivity index (χ1) is 10.0. The molecule has 2 aromatic rings. The fraction of sp³-hybridized carbons (Fsp3) is 0. The van der Waals surface area contributed by atoms with E-state index in [1.54, 1.807) is 12.1 Å². The van der Waals surface area contributed by atoms with Crippen LogP contribution in [0.1, 0.15) is 26.3 Å². The van der Waals surface area contributed by atoms with Crippen LogP contribution in [0.3, 0.4) is 0 Å². The maximum atomic E-state index is 12.4. The molecule has 0 bridgehead atoms. The summed E-state index contributed by atoms with van der Waals surface area (Å²) in [6.45, 7) is 0. The van der Waals surface area contributed by atoms with Crippen LogP contribution >= 0.6 is 23.8 Å². The van der Waals surface area contributed by atoms with Gasteiger partial charge in [0.05, 0.1) is 16.8 Å². The number of carbonyl (C=O) groups is 2. The van der Waals surface area contributed by atoms with Crippen molar-refractivity contribution in [2.45, 2.75) is 0 Å². The third-order valence-electron chi connectivity index (χ3n) is 3.15. The summed E-state index contributed by atoms with van der Waals surface area (Å²) < 4.78 is 0. The van der Waals surface area contributed by atoms with Crippen LogP contribution in [0.4, 0.5) is 5.69 Å². The van der Waals surface area contributed by atoms with E-state index < -0.39 is 11.8 Å². The molecule has 3 rings (SSSR count). The molecule has 1 aliphatic rings. The summed E-state index contributed by atoms with van der Waals surface area (Å²) in [6.07, 6.45) is 2.82. The zero-order valence-electron chi connectivity index (χ0n) is 10.5. The van der Waals surface area contributed by atoms with E-state index in [0.29, 0.717) is 16.1 Å². The molecule has 1 aromatic heterocycles. The SMILES string of the molecule is NC(=S)c1ccc(Cl)cc1N1C(=O)c2ccncc2C1=O. The first-order valence-corrected chi connectivity index (χ1v) is 6.71. The fourth-order valence-corrected chi connectivity index (χ4v) is 2.54. The number of benzene rings is 1. The number of anilines is 1. The Hall–Kier alpha value is -2.31. The van der Waals surface area contributed by atoms with Crippen LogP contribution in [0.15, 0.2) is 36.7 Å². The van der Waals surface area contributed by atoms with Gasteiger partial charge in [-0.25, -0.2) is 4.90 Å². The van der Waals surface area contributed by atoms with Crippen LogP contribution in [0, 0.1) is 0 Å². The Morgan fingerprint density at radius 1 is 1.19 bits per heavy atom. The van der Waals surface area contributed by atoms with E-state index in [4.69, 9.17) is 29.6 Å². The van der Waals surface area contributed by atoms with Crippen LogP contribution in [0.5, 0.6) is 0 Å². The Bertz CT molecular complexity index is 772. The van der Waals surface area contributed by atoms with E-state index in [1.807, 2.05) is 0 Å². The summed E-state index contributed by atoms with van der Waals surface area (Å²) in [5, 5.41) is 0.375. The van der Waals surface area contributed by atoms with Crippen molar-refractivity contribution < 1.29 is 9.59 Å². The summed E-state index contributed by atoms with van der Waals surface area (Å²) in [5.74, 6) is -0.917. The maximum absolute atomic E-state index is 12.4. The summed E-state index contributed by atoms with van der Waals surface area (Å²) in [5.41, 5.74) is 6.89. The molecule has 1 aromatic carbocycles. The van der Waals surface area contributed by atoms with Crippen LogP contribution in [-0.2, 0) is 0 Å². The quantitative estimate of drug-likeness (QED) is 0.678. The second-order valence-corrected chi connectivity index (χ2v) is 5.27. The first kappa shape index (κ1) is 13.7. The van der Waals surface area contributed by atoms with Gasteiger partial charge in [-0.2, -0.15) is 0 Å². The summed E-state index contributed by atoms with van der Waals surface area (Å²) in [6, 6.07) is 6.17. The molecule has 0 saturated heterocycles. The van der Waals surface area contributed by atoms with Gasteiger partial charge in [-0.3, -0.25) is 14.6 Å². The number of carbonyl (C=O) groups excluding carboxylic acids is 2. The zero-order valence-corrected chi connectivity index (χ0v) is 12.1. The number of nitrogens with two attached hydrogens (primary N) is 1. The Labute approximate surface area is 130 Å². The normalized spacial score (nSPS) is 13.5. The van der Waals surface area contributed by atoms with E-state index >= 15 is 0 Å². The molecule has 0 spiro atoms. The highest BCUT2D eigenvalue weighted by Gasteiger charge is 2.38. The number of imide groups is 1. The van der Waals surface area contributed by atoms with Crippen molar-refractivity contribution in [3.8, 4) is 0 Å². The molecule has 2 amide bonds. The van der Waals surface area contributed by atoms with Crippen molar-refractivity contribution in [2.24, 2.45) is 5.73 Å². The number of aromatic nitrogens is 1. The average molecular weight is 318 g/mol. The lowest BCUT2D eigenvalue weighted by molar-refractivity contribution is 0.0926.